The molecule has 0 aliphatic rings. The van der Waals surface area contributed by atoms with Gasteiger partial charge in [-0.05, 0) is 36.8 Å². The van der Waals surface area contributed by atoms with Gasteiger partial charge in [-0.25, -0.2) is 4.79 Å². The van der Waals surface area contributed by atoms with Crippen LogP contribution in [-0.2, 0) is 11.0 Å². The molecular formula is C19H14ClF3N2O3S. The summed E-state index contributed by atoms with van der Waals surface area (Å²) < 4.78 is 41.3. The minimum absolute atomic E-state index is 0.0525. The Hall–Kier alpha value is -2.65. The highest BCUT2D eigenvalue weighted by atomic mass is 35.5. The number of carboxylic acids is 1. The molecule has 0 saturated carbocycles. The molecule has 152 valence electrons. The molecule has 1 N–H and O–H groups in total. The monoisotopic (exact) mass is 442 g/mol. The smallest absolute Gasteiger partial charge is 0.417 e. The minimum Gasteiger partial charge on any atom is -0.480 e. The van der Waals surface area contributed by atoms with E-state index in [4.69, 9.17) is 11.6 Å². The number of rotatable bonds is 4. The molecule has 3 rings (SSSR count). The van der Waals surface area contributed by atoms with Gasteiger partial charge < -0.3 is 9.67 Å². The second-order valence-electron chi connectivity index (χ2n) is 6.10. The summed E-state index contributed by atoms with van der Waals surface area (Å²) in [6, 6.07) is 8.25. The molecule has 0 saturated heterocycles. The van der Waals surface area contributed by atoms with E-state index < -0.39 is 29.7 Å². The zero-order valence-electron chi connectivity index (χ0n) is 14.9. The van der Waals surface area contributed by atoms with Crippen molar-refractivity contribution in [2.24, 2.45) is 4.99 Å². The van der Waals surface area contributed by atoms with Crippen LogP contribution in [0.3, 0.4) is 0 Å². The lowest BCUT2D eigenvalue weighted by Crippen LogP contribution is -2.27. The first-order valence-corrected chi connectivity index (χ1v) is 9.61. The van der Waals surface area contributed by atoms with Crippen LogP contribution in [0.4, 0.5) is 13.2 Å². The van der Waals surface area contributed by atoms with Crippen molar-refractivity contribution in [1.29, 1.82) is 0 Å². The first kappa shape index (κ1) is 21.1. The van der Waals surface area contributed by atoms with Gasteiger partial charge in [0.15, 0.2) is 4.80 Å². The number of carbonyl (C=O) groups excluding carboxylic acids is 1. The summed E-state index contributed by atoms with van der Waals surface area (Å²) in [5.74, 6) is -1.97. The number of hydrogen-bond donors (Lipinski definition) is 1. The Labute approximate surface area is 171 Å². The van der Waals surface area contributed by atoms with E-state index in [1.807, 2.05) is 0 Å². The zero-order valence-corrected chi connectivity index (χ0v) is 16.5. The molecule has 29 heavy (non-hydrogen) atoms. The van der Waals surface area contributed by atoms with Crippen molar-refractivity contribution < 1.29 is 27.9 Å². The van der Waals surface area contributed by atoms with Gasteiger partial charge >= 0.3 is 12.1 Å². The third kappa shape index (κ3) is 4.20. The van der Waals surface area contributed by atoms with Crippen molar-refractivity contribution in [1.82, 2.24) is 4.57 Å². The molecule has 1 aromatic heterocycles. The molecular weight excluding hydrogens is 429 g/mol. The lowest BCUT2D eigenvalue weighted by atomic mass is 10.1. The average molecular weight is 443 g/mol. The topological polar surface area (TPSA) is 71.7 Å². The Kier molecular flexibility index (Phi) is 5.81. The Morgan fingerprint density at radius 1 is 1.24 bits per heavy atom. The number of alkyl halides is 3. The fourth-order valence-electron chi connectivity index (χ4n) is 2.91. The van der Waals surface area contributed by atoms with E-state index in [0.717, 1.165) is 6.07 Å². The highest BCUT2D eigenvalue weighted by molar-refractivity contribution is 7.16. The van der Waals surface area contributed by atoms with Gasteiger partial charge in [0, 0.05) is 10.6 Å². The molecule has 0 aliphatic heterocycles. The number of hydrogen-bond acceptors (Lipinski definition) is 3. The number of amides is 1. The third-order valence-electron chi connectivity index (χ3n) is 4.21. The molecule has 0 radical (unpaired) electrons. The zero-order chi connectivity index (χ0) is 21.3. The van der Waals surface area contributed by atoms with Crippen molar-refractivity contribution in [3.05, 3.63) is 63.4 Å². The second-order valence-corrected chi connectivity index (χ2v) is 7.51. The molecule has 0 bridgehead atoms. The molecule has 3 aromatic rings. The fraction of sp³-hybridized carbons (Fsp3) is 0.211. The number of aliphatic carboxylic acids is 1. The maximum Gasteiger partial charge on any atom is 0.417 e. The number of nitrogens with zero attached hydrogens (tertiary/aromatic N) is 2. The van der Waals surface area contributed by atoms with Gasteiger partial charge in [0.2, 0.25) is 0 Å². The van der Waals surface area contributed by atoms with Crippen LogP contribution in [0.5, 0.6) is 0 Å². The average Bonchev–Trinajstić information content (AvgIpc) is 2.99. The molecule has 1 atom stereocenters. The van der Waals surface area contributed by atoms with Crippen molar-refractivity contribution in [3.8, 4) is 0 Å². The number of fused-ring (bicyclic) bond motifs is 1. The summed E-state index contributed by atoms with van der Waals surface area (Å²) in [7, 11) is 0. The van der Waals surface area contributed by atoms with Gasteiger partial charge in [-0.15, -0.1) is 0 Å². The van der Waals surface area contributed by atoms with Crippen molar-refractivity contribution in [2.45, 2.75) is 25.6 Å². The first-order valence-electron chi connectivity index (χ1n) is 8.42. The van der Waals surface area contributed by atoms with Crippen molar-refractivity contribution in [2.75, 3.05) is 0 Å². The van der Waals surface area contributed by atoms with Crippen molar-refractivity contribution in [3.63, 3.8) is 0 Å². The van der Waals surface area contributed by atoms with Crippen LogP contribution < -0.4 is 4.80 Å². The van der Waals surface area contributed by atoms with Gasteiger partial charge in [0.25, 0.3) is 5.91 Å². The van der Waals surface area contributed by atoms with Crippen LogP contribution in [-0.4, -0.2) is 21.6 Å². The highest BCUT2D eigenvalue weighted by Gasteiger charge is 2.34. The van der Waals surface area contributed by atoms with Gasteiger partial charge in [-0.1, -0.05) is 42.0 Å². The maximum absolute atomic E-state index is 13.4. The van der Waals surface area contributed by atoms with E-state index in [9.17, 15) is 27.9 Å². The number of thiazole rings is 1. The normalized spacial score (nSPS) is 13.6. The van der Waals surface area contributed by atoms with Crippen molar-refractivity contribution >= 4 is 45.0 Å². The highest BCUT2D eigenvalue weighted by Crippen LogP contribution is 2.37. The summed E-state index contributed by atoms with van der Waals surface area (Å²) in [6.07, 6.45) is -4.54. The van der Waals surface area contributed by atoms with Crippen LogP contribution in [0.15, 0.2) is 47.5 Å². The van der Waals surface area contributed by atoms with E-state index in [1.54, 1.807) is 13.0 Å². The van der Waals surface area contributed by atoms with E-state index in [2.05, 4.69) is 4.99 Å². The number of halogens is 4. The predicted octanol–water partition coefficient (Wildman–Crippen LogP) is 5.15. The van der Waals surface area contributed by atoms with Crippen LogP contribution in [0.1, 0.15) is 35.3 Å². The lowest BCUT2D eigenvalue weighted by molar-refractivity contribution is -0.141. The van der Waals surface area contributed by atoms with E-state index in [0.29, 0.717) is 16.4 Å². The Morgan fingerprint density at radius 3 is 2.52 bits per heavy atom. The third-order valence-corrected chi connectivity index (χ3v) is 5.55. The molecule has 1 unspecified atom stereocenters. The fourth-order valence-corrected chi connectivity index (χ4v) is 4.30. The van der Waals surface area contributed by atoms with Gasteiger partial charge in [-0.3, -0.25) is 4.79 Å². The Bertz CT molecular complexity index is 1170. The second kappa shape index (κ2) is 8.00. The van der Waals surface area contributed by atoms with Gasteiger partial charge in [0.1, 0.15) is 6.04 Å². The number of carboxylic acid groups (broad SMARTS) is 1. The van der Waals surface area contributed by atoms with E-state index >= 15 is 0 Å². The van der Waals surface area contributed by atoms with Crippen LogP contribution in [0.25, 0.3) is 10.2 Å². The quantitative estimate of drug-likeness (QED) is 0.607. The summed E-state index contributed by atoms with van der Waals surface area (Å²) in [5, 5.41) is 9.86. The molecule has 1 amide bonds. The Balaban J connectivity index is 2.33. The molecule has 10 heteroatoms. The van der Waals surface area contributed by atoms with Crippen LogP contribution in [0.2, 0.25) is 5.02 Å². The molecule has 0 spiro atoms. The summed E-state index contributed by atoms with van der Waals surface area (Å²) in [4.78, 5) is 28.1. The molecule has 2 aromatic carbocycles. The predicted molar refractivity (Wildman–Crippen MR) is 103 cm³/mol. The van der Waals surface area contributed by atoms with E-state index in [1.165, 1.54) is 34.9 Å². The summed E-state index contributed by atoms with van der Waals surface area (Å²) in [5.41, 5.74) is -0.719. The van der Waals surface area contributed by atoms with Gasteiger partial charge in [0.05, 0.1) is 15.8 Å². The first-order chi connectivity index (χ1) is 13.6. The Morgan fingerprint density at radius 2 is 1.93 bits per heavy atom. The van der Waals surface area contributed by atoms with Crippen LogP contribution >= 0.6 is 22.9 Å². The molecule has 1 heterocycles. The van der Waals surface area contributed by atoms with Crippen LogP contribution in [0, 0.1) is 0 Å². The van der Waals surface area contributed by atoms with Gasteiger partial charge in [-0.2, -0.15) is 18.2 Å². The molecule has 0 fully saturated rings. The number of aromatic nitrogens is 1. The largest absolute Gasteiger partial charge is 0.480 e. The lowest BCUT2D eigenvalue weighted by Gasteiger charge is -2.14. The number of benzene rings is 2. The molecule has 5 nitrogen and oxygen atoms in total. The maximum atomic E-state index is 13.4. The number of carbonyl (C=O) groups is 2. The standard InChI is InChI=1S/C19H14ClF3N2O3S/c1-2-13(17(27)28)25-14-8-4-7-12(19(21,22)23)15(14)29-18(25)24-16(26)10-5-3-6-11(20)9-10/h3-9,13H,2H2,1H3,(H,27,28). The van der Waals surface area contributed by atoms with E-state index in [-0.39, 0.29) is 27.0 Å². The molecule has 0 aliphatic carbocycles. The SMILES string of the molecule is CCC(C(=O)O)n1c(=NC(=O)c2cccc(Cl)c2)sc2c(C(F)(F)F)cccc21. The summed E-state index contributed by atoms with van der Waals surface area (Å²) >= 11 is 6.50. The minimum atomic E-state index is -4.64. The summed E-state index contributed by atoms with van der Waals surface area (Å²) in [6.45, 7) is 1.59.